The first-order chi connectivity index (χ1) is 12.5. The molecule has 0 amide bonds. The average molecular weight is 355 g/mol. The van der Waals surface area contributed by atoms with E-state index >= 15 is 0 Å². The van der Waals surface area contributed by atoms with Crippen LogP contribution < -0.4 is 9.47 Å². The molecule has 0 saturated heterocycles. The molecule has 1 heterocycles. The quantitative estimate of drug-likeness (QED) is 0.407. The fourth-order valence-electron chi connectivity index (χ4n) is 2.40. The van der Waals surface area contributed by atoms with Crippen molar-refractivity contribution in [3.63, 3.8) is 0 Å². The summed E-state index contributed by atoms with van der Waals surface area (Å²) in [5.74, 6) is 2.26. The van der Waals surface area contributed by atoms with Gasteiger partial charge in [0, 0.05) is 18.0 Å². The molecule has 26 heavy (non-hydrogen) atoms. The Kier molecular flexibility index (Phi) is 7.14. The summed E-state index contributed by atoms with van der Waals surface area (Å²) in [6, 6.07) is 3.95. The van der Waals surface area contributed by atoms with Gasteiger partial charge in [-0.25, -0.2) is 9.97 Å². The lowest BCUT2D eigenvalue weighted by Crippen LogP contribution is -2.06. The molecule has 6 nitrogen and oxygen atoms in total. The van der Waals surface area contributed by atoms with E-state index in [0.29, 0.717) is 19.0 Å². The molecule has 0 unspecified atom stereocenters. The van der Waals surface area contributed by atoms with Gasteiger partial charge in [-0.2, -0.15) is 0 Å². The monoisotopic (exact) mass is 355 g/mol. The van der Waals surface area contributed by atoms with E-state index in [4.69, 9.17) is 14.3 Å². The lowest BCUT2D eigenvalue weighted by atomic mass is 10.1. The molecule has 0 saturated carbocycles. The Labute approximate surface area is 154 Å². The average Bonchev–Trinajstić information content (AvgIpc) is 2.62. The zero-order valence-electron chi connectivity index (χ0n) is 15.9. The van der Waals surface area contributed by atoms with E-state index in [-0.39, 0.29) is 0 Å². The van der Waals surface area contributed by atoms with Crippen molar-refractivity contribution >= 4 is 5.71 Å². The van der Waals surface area contributed by atoms with Gasteiger partial charge in [-0.3, -0.25) is 0 Å². The van der Waals surface area contributed by atoms with Crippen molar-refractivity contribution in [1.29, 1.82) is 0 Å². The van der Waals surface area contributed by atoms with Crippen LogP contribution in [0, 0.1) is 13.8 Å². The zero-order chi connectivity index (χ0) is 18.9. The van der Waals surface area contributed by atoms with Gasteiger partial charge in [-0.1, -0.05) is 17.3 Å². The summed E-state index contributed by atoms with van der Waals surface area (Å²) in [6.07, 6.45) is 7.35. The predicted molar refractivity (Wildman–Crippen MR) is 102 cm³/mol. The molecule has 0 aliphatic carbocycles. The minimum Gasteiger partial charge on any atom is -0.490 e. The molecule has 2 rings (SSSR count). The lowest BCUT2D eigenvalue weighted by molar-refractivity contribution is 0.213. The van der Waals surface area contributed by atoms with Crippen molar-refractivity contribution in [3.8, 4) is 11.5 Å². The van der Waals surface area contributed by atoms with Gasteiger partial charge in [0.15, 0.2) is 5.82 Å². The van der Waals surface area contributed by atoms with E-state index < -0.39 is 0 Å². The van der Waals surface area contributed by atoms with E-state index in [1.54, 1.807) is 12.4 Å². The van der Waals surface area contributed by atoms with Gasteiger partial charge < -0.3 is 14.3 Å². The number of aromatic nitrogens is 2. The first-order valence-electron chi connectivity index (χ1n) is 8.42. The molecule has 1 aromatic heterocycles. The van der Waals surface area contributed by atoms with E-state index in [1.165, 1.54) is 7.11 Å². The van der Waals surface area contributed by atoms with E-state index in [9.17, 15) is 0 Å². The van der Waals surface area contributed by atoms with Crippen LogP contribution in [0.1, 0.15) is 36.4 Å². The highest BCUT2D eigenvalue weighted by atomic mass is 16.6. The molecule has 0 radical (unpaired) electrons. The highest BCUT2D eigenvalue weighted by Gasteiger charge is 2.09. The van der Waals surface area contributed by atoms with Crippen LogP contribution in [0.4, 0.5) is 0 Å². The maximum Gasteiger partial charge on any atom is 0.166 e. The Bertz CT molecular complexity index is 760. The van der Waals surface area contributed by atoms with Gasteiger partial charge in [0.2, 0.25) is 0 Å². The fraction of sp³-hybridized carbons (Fsp3) is 0.350. The molecule has 0 N–H and O–H groups in total. The molecule has 2 aromatic rings. The smallest absolute Gasteiger partial charge is 0.166 e. The first-order valence-corrected chi connectivity index (χ1v) is 8.42. The second kappa shape index (κ2) is 9.56. The van der Waals surface area contributed by atoms with Crippen LogP contribution in [0.3, 0.4) is 0 Å². The van der Waals surface area contributed by atoms with Crippen LogP contribution in [0.15, 0.2) is 41.8 Å². The lowest BCUT2D eigenvalue weighted by Gasteiger charge is -2.14. The van der Waals surface area contributed by atoms with Gasteiger partial charge >= 0.3 is 0 Å². The van der Waals surface area contributed by atoms with Crippen molar-refractivity contribution in [2.75, 3.05) is 13.7 Å². The summed E-state index contributed by atoms with van der Waals surface area (Å²) in [4.78, 5) is 13.4. The maximum absolute atomic E-state index is 5.93. The maximum atomic E-state index is 5.93. The van der Waals surface area contributed by atoms with E-state index in [0.717, 1.165) is 33.9 Å². The fourth-order valence-corrected chi connectivity index (χ4v) is 2.40. The third-order valence-corrected chi connectivity index (χ3v) is 3.71. The number of allylic oxidation sites excluding steroid dienone is 1. The van der Waals surface area contributed by atoms with E-state index in [2.05, 4.69) is 15.1 Å². The molecule has 0 aliphatic rings. The molecule has 1 aromatic carbocycles. The number of aryl methyl sites for hydroxylation is 2. The van der Waals surface area contributed by atoms with Gasteiger partial charge in [-0.05, 0) is 51.0 Å². The van der Waals surface area contributed by atoms with Crippen LogP contribution in [-0.4, -0.2) is 29.4 Å². The number of hydrogen-bond donors (Lipinski definition) is 0. The summed E-state index contributed by atoms with van der Waals surface area (Å²) in [5, 5.41) is 3.87. The second-order valence-electron chi connectivity index (χ2n) is 5.80. The Balaban J connectivity index is 2.04. The van der Waals surface area contributed by atoms with Crippen molar-refractivity contribution in [3.05, 3.63) is 59.2 Å². The highest BCUT2D eigenvalue weighted by Crippen LogP contribution is 2.29. The Morgan fingerprint density at radius 2 is 1.77 bits per heavy atom. The van der Waals surface area contributed by atoms with Gasteiger partial charge in [0.05, 0.1) is 5.71 Å². The molecule has 0 aliphatic heterocycles. The Morgan fingerprint density at radius 1 is 1.12 bits per heavy atom. The Morgan fingerprint density at radius 3 is 2.35 bits per heavy atom. The molecule has 0 atom stereocenters. The summed E-state index contributed by atoms with van der Waals surface area (Å²) in [7, 11) is 1.51. The van der Waals surface area contributed by atoms with Crippen LogP contribution in [0.25, 0.3) is 0 Å². The summed E-state index contributed by atoms with van der Waals surface area (Å²) < 4.78 is 11.6. The first kappa shape index (κ1) is 19.4. The molecule has 0 spiro atoms. The third kappa shape index (κ3) is 5.31. The number of rotatable bonds is 8. The van der Waals surface area contributed by atoms with E-state index in [1.807, 2.05) is 52.0 Å². The topological polar surface area (TPSA) is 65.8 Å². The number of nitrogens with zero attached hydrogens (tertiary/aromatic N) is 3. The second-order valence-corrected chi connectivity index (χ2v) is 5.80. The highest BCUT2D eigenvalue weighted by molar-refractivity contribution is 5.97. The van der Waals surface area contributed by atoms with Gasteiger partial charge in [0.1, 0.15) is 31.8 Å². The normalized spacial score (nSPS) is 11.7. The number of ether oxygens (including phenoxy) is 2. The predicted octanol–water partition coefficient (Wildman–Crippen LogP) is 4.00. The van der Waals surface area contributed by atoms with Crippen LogP contribution in [-0.2, 0) is 11.4 Å². The van der Waals surface area contributed by atoms with Crippen molar-refractivity contribution < 1.29 is 14.3 Å². The molecule has 0 fully saturated rings. The van der Waals surface area contributed by atoms with Crippen molar-refractivity contribution in [1.82, 2.24) is 9.97 Å². The van der Waals surface area contributed by atoms with Crippen LogP contribution in [0.2, 0.25) is 0 Å². The Hall–Kier alpha value is -2.89. The molecule has 0 bridgehead atoms. The minimum atomic E-state index is 0.293. The van der Waals surface area contributed by atoms with Crippen molar-refractivity contribution in [2.45, 2.75) is 34.3 Å². The third-order valence-electron chi connectivity index (χ3n) is 3.71. The molecular weight excluding hydrogens is 330 g/mol. The summed E-state index contributed by atoms with van der Waals surface area (Å²) in [5.41, 5.74) is 3.56. The van der Waals surface area contributed by atoms with Gasteiger partial charge in [0.25, 0.3) is 0 Å². The summed E-state index contributed by atoms with van der Waals surface area (Å²) in [6.45, 7) is 8.66. The van der Waals surface area contributed by atoms with Crippen LogP contribution >= 0.6 is 0 Å². The molecular formula is C20H25N3O3. The number of oxime groups is 1. The standard InChI is InChI=1S/C20H25N3O3/c1-6-7-8-25-18-9-14(2)20(15(3)10-18)26-13-19-21-11-17(12-22-19)16(4)23-24-5/h6-7,9-12H,8,13H2,1-5H3/b7-6+,23-16?. The SMILES string of the molecule is C/C=C/COc1cc(C)c(OCc2ncc(C(C)=NOC)cn2)c(C)c1. The van der Waals surface area contributed by atoms with Crippen LogP contribution in [0.5, 0.6) is 11.5 Å². The van der Waals surface area contributed by atoms with Gasteiger partial charge in [-0.15, -0.1) is 0 Å². The summed E-state index contributed by atoms with van der Waals surface area (Å²) >= 11 is 0. The zero-order valence-corrected chi connectivity index (χ0v) is 15.9. The number of benzene rings is 1. The largest absolute Gasteiger partial charge is 0.490 e. The van der Waals surface area contributed by atoms with Crippen molar-refractivity contribution in [2.24, 2.45) is 5.16 Å². The molecule has 6 heteroatoms. The molecule has 138 valence electrons. The minimum absolute atomic E-state index is 0.293. The number of hydrogen-bond acceptors (Lipinski definition) is 6.